The number of aryl methyl sites for hydroxylation is 1. The Balaban J connectivity index is 1.73. The van der Waals surface area contributed by atoms with Crippen LogP contribution in [0.25, 0.3) is 0 Å². The van der Waals surface area contributed by atoms with E-state index in [1.165, 1.54) is 35.2 Å². The van der Waals surface area contributed by atoms with Gasteiger partial charge in [-0.2, -0.15) is 5.10 Å². The van der Waals surface area contributed by atoms with Crippen LogP contribution >= 0.6 is 23.1 Å². The van der Waals surface area contributed by atoms with E-state index in [1.807, 2.05) is 26.2 Å². The number of carbonyl (C=O) groups excluding carboxylic acids is 2. The van der Waals surface area contributed by atoms with Crippen LogP contribution in [0.1, 0.15) is 35.9 Å². The minimum atomic E-state index is -0.841. The third-order valence-electron chi connectivity index (χ3n) is 3.95. The fourth-order valence-electron chi connectivity index (χ4n) is 2.57. The summed E-state index contributed by atoms with van der Waals surface area (Å²) in [4.78, 5) is 40.2. The molecular weight excluding hydrogens is 442 g/mol. The second-order valence-corrected chi connectivity index (χ2v) is 8.82. The number of ether oxygens (including phenoxy) is 1. The molecule has 12 heteroatoms. The van der Waals surface area contributed by atoms with E-state index in [0.717, 1.165) is 11.8 Å². The number of nitro benzene ring substituents is 1. The van der Waals surface area contributed by atoms with Crippen LogP contribution in [-0.2, 0) is 9.53 Å². The van der Waals surface area contributed by atoms with Gasteiger partial charge in [0.1, 0.15) is 5.82 Å². The van der Waals surface area contributed by atoms with Crippen LogP contribution in [0, 0.1) is 17.0 Å². The van der Waals surface area contributed by atoms with Gasteiger partial charge in [-0.25, -0.2) is 14.5 Å². The molecule has 1 amide bonds. The fourth-order valence-corrected chi connectivity index (χ4v) is 4.46. The number of amides is 1. The van der Waals surface area contributed by atoms with Gasteiger partial charge in [0.05, 0.1) is 16.7 Å². The second-order valence-electron chi connectivity index (χ2n) is 6.67. The van der Waals surface area contributed by atoms with E-state index < -0.39 is 23.4 Å². The first-order chi connectivity index (χ1) is 14.7. The van der Waals surface area contributed by atoms with E-state index in [0.29, 0.717) is 15.1 Å². The molecule has 0 saturated carbocycles. The number of non-ortho nitro benzene ring substituents is 1. The van der Waals surface area contributed by atoms with Gasteiger partial charge in [-0.1, -0.05) is 11.8 Å². The number of aromatic nitrogens is 3. The lowest BCUT2D eigenvalue weighted by molar-refractivity contribution is -0.384. The Morgan fingerprint density at radius 2 is 2.13 bits per heavy atom. The second kappa shape index (κ2) is 9.71. The molecule has 0 bridgehead atoms. The zero-order valence-corrected chi connectivity index (χ0v) is 18.5. The van der Waals surface area contributed by atoms with E-state index in [1.54, 1.807) is 16.9 Å². The molecule has 0 aliphatic rings. The fraction of sp³-hybridized carbons (Fsp3) is 0.263. The van der Waals surface area contributed by atoms with Crippen molar-refractivity contribution in [3.63, 3.8) is 0 Å². The molecule has 0 aliphatic carbocycles. The molecule has 2 aromatic heterocycles. The highest BCUT2D eigenvalue weighted by Gasteiger charge is 2.21. The molecule has 31 heavy (non-hydrogen) atoms. The number of hydrogen-bond acceptors (Lipinski definition) is 9. The number of nitro groups is 1. The third kappa shape index (κ3) is 5.67. The Hall–Kier alpha value is -3.25. The number of rotatable bonds is 8. The molecule has 0 fully saturated rings. The van der Waals surface area contributed by atoms with Crippen molar-refractivity contribution in [3.05, 3.63) is 57.2 Å². The number of esters is 1. The van der Waals surface area contributed by atoms with Gasteiger partial charge in [-0.05, 0) is 26.8 Å². The zero-order chi connectivity index (χ0) is 22.5. The highest BCUT2D eigenvalue weighted by atomic mass is 32.2. The highest BCUT2D eigenvalue weighted by molar-refractivity contribution is 8.01. The number of nitrogens with zero attached hydrogens (tertiary/aromatic N) is 4. The molecule has 3 aromatic rings. The molecule has 0 spiro atoms. The van der Waals surface area contributed by atoms with Crippen molar-refractivity contribution in [2.75, 3.05) is 11.9 Å². The number of hydrogen-bond donors (Lipinski definition) is 1. The van der Waals surface area contributed by atoms with Crippen LogP contribution in [-0.4, -0.2) is 38.2 Å². The average molecular weight is 462 g/mol. The Kier molecular flexibility index (Phi) is 7.02. The maximum atomic E-state index is 12.6. The van der Waals surface area contributed by atoms with Crippen LogP contribution in [0.5, 0.6) is 0 Å². The largest absolute Gasteiger partial charge is 0.452 e. The summed E-state index contributed by atoms with van der Waals surface area (Å²) in [7, 11) is 0. The van der Waals surface area contributed by atoms with Gasteiger partial charge >= 0.3 is 5.97 Å². The van der Waals surface area contributed by atoms with Crippen molar-refractivity contribution in [1.29, 1.82) is 0 Å². The number of carbonyl (C=O) groups is 2. The summed E-state index contributed by atoms with van der Waals surface area (Å²) in [5.74, 6) is -0.917. The first-order valence-corrected chi connectivity index (χ1v) is 10.8. The lowest BCUT2D eigenvalue weighted by atomic mass is 10.2. The predicted molar refractivity (Wildman–Crippen MR) is 116 cm³/mol. The van der Waals surface area contributed by atoms with Crippen LogP contribution in [0.15, 0.2) is 45.1 Å². The summed E-state index contributed by atoms with van der Waals surface area (Å²) in [6.07, 6.45) is 1.55. The Labute approximate surface area is 185 Å². The summed E-state index contributed by atoms with van der Waals surface area (Å²) < 4.78 is 7.42. The standard InChI is InChI=1S/C19H19N5O5S2/c1-11(2)23-16(6-7-20-23)22-17(25)9-29-18(26)14-8-13(24(27)28)4-5-15(14)31-19-21-12(3)10-30-19/h4-8,10-11H,9H2,1-3H3,(H,22,25). The minimum absolute atomic E-state index is 0.00734. The Morgan fingerprint density at radius 3 is 2.77 bits per heavy atom. The number of nitrogens with one attached hydrogen (secondary N) is 1. The van der Waals surface area contributed by atoms with E-state index in [9.17, 15) is 19.7 Å². The monoisotopic (exact) mass is 461 g/mol. The van der Waals surface area contributed by atoms with Gasteiger partial charge < -0.3 is 10.1 Å². The quantitative estimate of drug-likeness (QED) is 0.302. The van der Waals surface area contributed by atoms with Gasteiger partial charge in [0, 0.05) is 40.2 Å². The molecule has 0 radical (unpaired) electrons. The van der Waals surface area contributed by atoms with Gasteiger partial charge in [0.15, 0.2) is 10.9 Å². The molecule has 3 rings (SSSR count). The minimum Gasteiger partial charge on any atom is -0.452 e. The molecule has 0 saturated heterocycles. The van der Waals surface area contributed by atoms with E-state index in [4.69, 9.17) is 4.74 Å². The zero-order valence-electron chi connectivity index (χ0n) is 16.9. The summed E-state index contributed by atoms with van der Waals surface area (Å²) >= 11 is 2.59. The molecule has 162 valence electrons. The van der Waals surface area contributed by atoms with Crippen molar-refractivity contribution in [3.8, 4) is 0 Å². The summed E-state index contributed by atoms with van der Waals surface area (Å²) in [6, 6.07) is 5.57. The lowest BCUT2D eigenvalue weighted by Gasteiger charge is -2.12. The number of thiazole rings is 1. The molecule has 0 unspecified atom stereocenters. The number of anilines is 1. The lowest BCUT2D eigenvalue weighted by Crippen LogP contribution is -2.23. The van der Waals surface area contributed by atoms with Crippen molar-refractivity contribution < 1.29 is 19.2 Å². The van der Waals surface area contributed by atoms with Crippen LogP contribution < -0.4 is 5.32 Å². The first kappa shape index (κ1) is 22.4. The summed E-state index contributed by atoms with van der Waals surface area (Å²) in [6.45, 7) is 5.11. The predicted octanol–water partition coefficient (Wildman–Crippen LogP) is 4.08. The maximum Gasteiger partial charge on any atom is 0.340 e. The molecule has 1 N–H and O–H groups in total. The smallest absolute Gasteiger partial charge is 0.340 e. The van der Waals surface area contributed by atoms with Crippen molar-refractivity contribution in [2.45, 2.75) is 36.0 Å². The molecule has 10 nitrogen and oxygen atoms in total. The van der Waals surface area contributed by atoms with Crippen LogP contribution in [0.2, 0.25) is 0 Å². The Morgan fingerprint density at radius 1 is 1.35 bits per heavy atom. The topological polar surface area (TPSA) is 129 Å². The van der Waals surface area contributed by atoms with Crippen LogP contribution in [0.4, 0.5) is 11.5 Å². The molecule has 0 aliphatic heterocycles. The van der Waals surface area contributed by atoms with Crippen LogP contribution in [0.3, 0.4) is 0 Å². The van der Waals surface area contributed by atoms with Crippen molar-refractivity contribution in [1.82, 2.24) is 14.8 Å². The highest BCUT2D eigenvalue weighted by Crippen LogP contribution is 2.34. The molecule has 2 heterocycles. The number of benzene rings is 1. The maximum absolute atomic E-state index is 12.6. The summed E-state index contributed by atoms with van der Waals surface area (Å²) in [5.41, 5.74) is 0.569. The third-order valence-corrected chi connectivity index (χ3v) is 6.08. The van der Waals surface area contributed by atoms with E-state index in [2.05, 4.69) is 15.4 Å². The normalized spacial score (nSPS) is 10.8. The average Bonchev–Trinajstić information content (AvgIpc) is 3.35. The van der Waals surface area contributed by atoms with Gasteiger partial charge in [-0.3, -0.25) is 14.9 Å². The molecule has 1 aromatic carbocycles. The summed E-state index contributed by atoms with van der Waals surface area (Å²) in [5, 5.41) is 19.7. The van der Waals surface area contributed by atoms with Gasteiger partial charge in [0.25, 0.3) is 11.6 Å². The van der Waals surface area contributed by atoms with E-state index in [-0.39, 0.29) is 17.3 Å². The SMILES string of the molecule is Cc1csc(Sc2ccc([N+](=O)[O-])cc2C(=O)OCC(=O)Nc2ccnn2C(C)C)n1. The van der Waals surface area contributed by atoms with Crippen molar-refractivity contribution >= 4 is 46.5 Å². The van der Waals surface area contributed by atoms with E-state index >= 15 is 0 Å². The molecular formula is C19H19N5O5S2. The molecule has 0 atom stereocenters. The van der Waals surface area contributed by atoms with Gasteiger partial charge in [-0.15, -0.1) is 11.3 Å². The Bertz CT molecular complexity index is 1120. The first-order valence-electron chi connectivity index (χ1n) is 9.13. The van der Waals surface area contributed by atoms with Crippen molar-refractivity contribution in [2.24, 2.45) is 0 Å². The van der Waals surface area contributed by atoms with Gasteiger partial charge in [0.2, 0.25) is 0 Å².